The summed E-state index contributed by atoms with van der Waals surface area (Å²) < 4.78 is 31.9. The molecule has 1 aromatic heterocycles. The molecule has 1 aliphatic heterocycles. The van der Waals surface area contributed by atoms with Gasteiger partial charge in [-0.1, -0.05) is 102 Å². The van der Waals surface area contributed by atoms with Gasteiger partial charge in [0.15, 0.2) is 11.5 Å². The van der Waals surface area contributed by atoms with E-state index in [9.17, 15) is 4.39 Å². The lowest BCUT2D eigenvalue weighted by Gasteiger charge is -2.25. The van der Waals surface area contributed by atoms with Gasteiger partial charge in [-0.2, -0.15) is 0 Å². The van der Waals surface area contributed by atoms with Gasteiger partial charge in [-0.05, 0) is 37.2 Å². The molecule has 4 rings (SSSR count). The zero-order valence-electron chi connectivity index (χ0n) is 27.8. The van der Waals surface area contributed by atoms with E-state index in [0.717, 1.165) is 36.8 Å². The van der Waals surface area contributed by atoms with Gasteiger partial charge >= 0.3 is 0 Å². The number of halogens is 2. The van der Waals surface area contributed by atoms with Crippen LogP contribution < -0.4 is 20.1 Å². The average molecular weight is 657 g/mol. The van der Waals surface area contributed by atoms with Gasteiger partial charge in [-0.15, -0.1) is 0 Å². The van der Waals surface area contributed by atoms with Crippen molar-refractivity contribution in [1.29, 1.82) is 0 Å². The maximum atomic E-state index is 13.7. The van der Waals surface area contributed by atoms with Crippen molar-refractivity contribution in [3.63, 3.8) is 0 Å². The Morgan fingerprint density at radius 2 is 1.50 bits per heavy atom. The van der Waals surface area contributed by atoms with Crippen LogP contribution in [0.25, 0.3) is 10.9 Å². The third-order valence-electron chi connectivity index (χ3n) is 8.59. The van der Waals surface area contributed by atoms with Crippen molar-refractivity contribution in [2.45, 2.75) is 116 Å². The topological polar surface area (TPSA) is 77.5 Å². The van der Waals surface area contributed by atoms with E-state index in [1.165, 1.54) is 108 Å². The number of fused-ring (bicyclic) bond motifs is 1. The first-order chi connectivity index (χ1) is 22.6. The molecule has 2 aromatic carbocycles. The fourth-order valence-corrected chi connectivity index (χ4v) is 6.04. The van der Waals surface area contributed by atoms with E-state index in [0.29, 0.717) is 42.8 Å². The summed E-state index contributed by atoms with van der Waals surface area (Å²) in [5.41, 5.74) is 1.35. The van der Waals surface area contributed by atoms with Crippen molar-refractivity contribution in [3.8, 4) is 11.5 Å². The largest absolute Gasteiger partial charge is 0.488 e. The number of benzene rings is 2. The Balaban J connectivity index is 1.19. The molecule has 0 bridgehead atoms. The molecule has 0 saturated carbocycles. The number of ether oxygens (including phenoxy) is 3. The highest BCUT2D eigenvalue weighted by molar-refractivity contribution is 6.31. The van der Waals surface area contributed by atoms with Gasteiger partial charge in [0, 0.05) is 36.5 Å². The molecule has 1 fully saturated rings. The summed E-state index contributed by atoms with van der Waals surface area (Å²) in [4.78, 5) is 8.92. The number of hydrogen-bond acceptors (Lipinski definition) is 7. The van der Waals surface area contributed by atoms with E-state index in [1.54, 1.807) is 6.07 Å². The Kier molecular flexibility index (Phi) is 16.7. The Morgan fingerprint density at radius 3 is 2.17 bits per heavy atom. The van der Waals surface area contributed by atoms with Crippen LogP contribution in [-0.2, 0) is 4.74 Å². The molecule has 7 nitrogen and oxygen atoms in total. The number of unbranched alkanes of at least 4 members (excludes halogenated alkanes) is 13. The summed E-state index contributed by atoms with van der Waals surface area (Å²) in [6, 6.07) is 8.32. The first kappa shape index (κ1) is 36.2. The molecular formula is C37H54ClFN4O3. The minimum absolute atomic E-state index is 0.0422. The lowest BCUT2D eigenvalue weighted by molar-refractivity contribution is 0.0243. The summed E-state index contributed by atoms with van der Waals surface area (Å²) in [7, 11) is 0. The molecule has 0 spiro atoms. The van der Waals surface area contributed by atoms with E-state index < -0.39 is 5.82 Å². The number of aromatic nitrogens is 2. The number of anilines is 2. The summed E-state index contributed by atoms with van der Waals surface area (Å²) in [5.74, 6) is 1.42. The minimum atomic E-state index is -0.470. The fraction of sp³-hybridized carbons (Fsp3) is 0.622. The molecule has 0 aliphatic carbocycles. The van der Waals surface area contributed by atoms with E-state index in [-0.39, 0.29) is 11.1 Å². The minimum Gasteiger partial charge on any atom is -0.488 e. The molecule has 0 amide bonds. The van der Waals surface area contributed by atoms with Crippen LogP contribution in [0.3, 0.4) is 0 Å². The monoisotopic (exact) mass is 656 g/mol. The molecule has 0 atom stereocenters. The standard InChI is InChI=1S/C37H54ClFN4O3/c1-2-3-4-5-6-7-8-9-10-11-12-13-14-15-20-40-21-24-45-35-27-34-31(26-36(35)46-30-18-22-44-23-19-30)37(42-28-41-34)43-29-16-17-33(39)32(38)25-29/h16-17,25-28,30,40H,2-15,18-24H2,1H3,(H,41,42,43). The predicted molar refractivity (Wildman–Crippen MR) is 187 cm³/mol. The van der Waals surface area contributed by atoms with Crippen molar-refractivity contribution < 1.29 is 18.6 Å². The Morgan fingerprint density at radius 1 is 0.826 bits per heavy atom. The quantitative estimate of drug-likeness (QED) is 0.0983. The number of nitrogens with one attached hydrogen (secondary N) is 2. The molecule has 254 valence electrons. The van der Waals surface area contributed by atoms with E-state index in [1.807, 2.05) is 12.1 Å². The molecule has 46 heavy (non-hydrogen) atoms. The van der Waals surface area contributed by atoms with Gasteiger partial charge in [0.05, 0.1) is 23.8 Å². The second kappa shape index (κ2) is 21.2. The third kappa shape index (κ3) is 12.8. The van der Waals surface area contributed by atoms with Crippen LogP contribution in [0.5, 0.6) is 11.5 Å². The lowest BCUT2D eigenvalue weighted by atomic mass is 10.0. The molecule has 1 saturated heterocycles. The van der Waals surface area contributed by atoms with Crippen LogP contribution in [0.15, 0.2) is 36.7 Å². The van der Waals surface area contributed by atoms with Gasteiger partial charge in [0.2, 0.25) is 0 Å². The van der Waals surface area contributed by atoms with Gasteiger partial charge in [-0.3, -0.25) is 0 Å². The van der Waals surface area contributed by atoms with Crippen LogP contribution in [-0.4, -0.2) is 49.0 Å². The highest BCUT2D eigenvalue weighted by Gasteiger charge is 2.20. The Labute approximate surface area is 280 Å². The number of nitrogens with zero attached hydrogens (tertiary/aromatic N) is 2. The van der Waals surface area contributed by atoms with Crippen molar-refractivity contribution in [1.82, 2.24) is 15.3 Å². The molecular weight excluding hydrogens is 603 g/mol. The van der Waals surface area contributed by atoms with Gasteiger partial charge in [-0.25, -0.2) is 14.4 Å². The summed E-state index contributed by atoms with van der Waals surface area (Å²) in [5, 5.41) is 7.58. The predicted octanol–water partition coefficient (Wildman–Crippen LogP) is 10.2. The molecule has 2 heterocycles. The third-order valence-corrected chi connectivity index (χ3v) is 8.88. The Hall–Kier alpha value is -2.68. The highest BCUT2D eigenvalue weighted by Crippen LogP contribution is 2.36. The number of hydrogen-bond donors (Lipinski definition) is 2. The van der Waals surface area contributed by atoms with Crippen LogP contribution in [0.1, 0.15) is 110 Å². The highest BCUT2D eigenvalue weighted by atomic mass is 35.5. The summed E-state index contributed by atoms with van der Waals surface area (Å²) >= 11 is 6.00. The van der Waals surface area contributed by atoms with Crippen LogP contribution in [0.2, 0.25) is 5.02 Å². The van der Waals surface area contributed by atoms with Crippen LogP contribution in [0, 0.1) is 5.82 Å². The Bertz CT molecular complexity index is 1290. The smallest absolute Gasteiger partial charge is 0.163 e. The van der Waals surface area contributed by atoms with Crippen molar-refractivity contribution in [2.75, 3.05) is 38.2 Å². The van der Waals surface area contributed by atoms with Crippen LogP contribution in [0.4, 0.5) is 15.9 Å². The summed E-state index contributed by atoms with van der Waals surface area (Å²) in [6.07, 6.45) is 22.4. The zero-order chi connectivity index (χ0) is 32.2. The van der Waals surface area contributed by atoms with Crippen molar-refractivity contribution >= 4 is 34.0 Å². The van der Waals surface area contributed by atoms with E-state index in [4.69, 9.17) is 25.8 Å². The molecule has 3 aromatic rings. The van der Waals surface area contributed by atoms with E-state index >= 15 is 0 Å². The zero-order valence-corrected chi connectivity index (χ0v) is 28.5. The van der Waals surface area contributed by atoms with Crippen molar-refractivity contribution in [3.05, 3.63) is 47.5 Å². The second-order valence-corrected chi connectivity index (χ2v) is 12.8. The van der Waals surface area contributed by atoms with Crippen molar-refractivity contribution in [2.24, 2.45) is 0 Å². The number of rotatable bonds is 23. The van der Waals surface area contributed by atoms with Gasteiger partial charge in [0.1, 0.15) is 30.7 Å². The SMILES string of the molecule is CCCCCCCCCCCCCCCCNCCOc1cc2ncnc(Nc3ccc(F)c(Cl)c3)c2cc1OC1CCOCC1. The first-order valence-corrected chi connectivity index (χ1v) is 18.1. The maximum Gasteiger partial charge on any atom is 0.163 e. The van der Waals surface area contributed by atoms with Crippen LogP contribution >= 0.6 is 11.6 Å². The summed E-state index contributed by atoms with van der Waals surface area (Å²) in [6.45, 7) is 5.93. The average Bonchev–Trinajstić information content (AvgIpc) is 3.07. The maximum absolute atomic E-state index is 13.7. The van der Waals surface area contributed by atoms with E-state index in [2.05, 4.69) is 27.5 Å². The second-order valence-electron chi connectivity index (χ2n) is 12.4. The fourth-order valence-electron chi connectivity index (χ4n) is 5.86. The first-order valence-electron chi connectivity index (χ1n) is 17.7. The normalized spacial score (nSPS) is 13.7. The lowest BCUT2D eigenvalue weighted by Crippen LogP contribution is -2.26. The van der Waals surface area contributed by atoms with Gasteiger partial charge in [0.25, 0.3) is 0 Å². The molecule has 0 unspecified atom stereocenters. The molecule has 2 N–H and O–H groups in total. The molecule has 9 heteroatoms. The molecule has 0 radical (unpaired) electrons. The van der Waals surface area contributed by atoms with Gasteiger partial charge < -0.3 is 24.8 Å². The molecule has 1 aliphatic rings.